The number of piperidine rings is 1. The largest absolute Gasteiger partial charge is 0.495 e. The summed E-state index contributed by atoms with van der Waals surface area (Å²) >= 11 is 0. The molecule has 1 aliphatic heterocycles. The summed E-state index contributed by atoms with van der Waals surface area (Å²) < 4.78 is 11.3. The van der Waals surface area contributed by atoms with Crippen molar-refractivity contribution in [2.75, 3.05) is 37.0 Å². The Labute approximate surface area is 173 Å². The number of ether oxygens (including phenoxy) is 2. The number of amides is 3. The summed E-state index contributed by atoms with van der Waals surface area (Å²) in [5, 5.41) is 5.67. The van der Waals surface area contributed by atoms with Crippen molar-refractivity contribution in [3.05, 3.63) is 18.2 Å². The Morgan fingerprint density at radius 3 is 2.79 bits per heavy atom. The van der Waals surface area contributed by atoms with Gasteiger partial charge < -0.3 is 25.0 Å². The van der Waals surface area contributed by atoms with Gasteiger partial charge in [-0.2, -0.15) is 0 Å². The van der Waals surface area contributed by atoms with E-state index in [0.29, 0.717) is 55.3 Å². The van der Waals surface area contributed by atoms with Gasteiger partial charge in [0.2, 0.25) is 5.91 Å². The molecule has 1 saturated heterocycles. The molecule has 2 unspecified atom stereocenters. The molecular weight excluding hydrogens is 370 g/mol. The van der Waals surface area contributed by atoms with E-state index in [1.807, 2.05) is 0 Å². The van der Waals surface area contributed by atoms with Crippen molar-refractivity contribution >= 4 is 23.3 Å². The van der Waals surface area contributed by atoms with Crippen LogP contribution in [0.2, 0.25) is 0 Å². The Kier molecular flexibility index (Phi) is 7.75. The monoisotopic (exact) mass is 403 g/mol. The number of nitrogens with one attached hydrogen (secondary N) is 2. The van der Waals surface area contributed by atoms with Crippen molar-refractivity contribution in [2.24, 2.45) is 5.92 Å². The average Bonchev–Trinajstić information content (AvgIpc) is 2.73. The fourth-order valence-electron chi connectivity index (χ4n) is 4.12. The van der Waals surface area contributed by atoms with Crippen molar-refractivity contribution < 1.29 is 19.1 Å². The number of urea groups is 1. The molecule has 160 valence electrons. The normalized spacial score (nSPS) is 22.3. The van der Waals surface area contributed by atoms with Crippen LogP contribution >= 0.6 is 0 Å². The lowest BCUT2D eigenvalue weighted by Crippen LogP contribution is -2.36. The molecule has 3 rings (SSSR count). The van der Waals surface area contributed by atoms with Crippen LogP contribution in [0.1, 0.15) is 51.9 Å². The second-order valence-electron chi connectivity index (χ2n) is 7.94. The standard InChI is InChI=1S/C22H33N3O4/c1-16-7-3-4-8-19(16)29-14-12-23-22(27)24-17-10-11-20(28-2)18(15-17)25-13-6-5-9-21(25)26/h10-11,15-16,19H,3-9,12-14H2,1-2H3,(H2,23,24,27). The minimum absolute atomic E-state index is 0.0882. The third-order valence-corrected chi connectivity index (χ3v) is 5.80. The van der Waals surface area contributed by atoms with Crippen molar-refractivity contribution in [3.63, 3.8) is 0 Å². The molecule has 29 heavy (non-hydrogen) atoms. The maximum absolute atomic E-state index is 12.3. The van der Waals surface area contributed by atoms with Gasteiger partial charge in [-0.05, 0) is 49.8 Å². The number of methoxy groups -OCH3 is 1. The second-order valence-corrected chi connectivity index (χ2v) is 7.94. The van der Waals surface area contributed by atoms with Gasteiger partial charge in [0.1, 0.15) is 5.75 Å². The Bertz CT molecular complexity index is 709. The molecule has 0 spiro atoms. The molecule has 1 aromatic carbocycles. The van der Waals surface area contributed by atoms with Gasteiger partial charge in [0.15, 0.2) is 0 Å². The molecule has 2 N–H and O–H groups in total. The van der Waals surface area contributed by atoms with Gasteiger partial charge in [-0.1, -0.05) is 19.8 Å². The van der Waals surface area contributed by atoms with Crippen molar-refractivity contribution in [2.45, 2.75) is 58.0 Å². The van der Waals surface area contributed by atoms with Gasteiger partial charge in [0.25, 0.3) is 0 Å². The highest BCUT2D eigenvalue weighted by Crippen LogP contribution is 2.33. The van der Waals surface area contributed by atoms with E-state index in [2.05, 4.69) is 17.6 Å². The molecule has 2 aliphatic rings. The zero-order valence-electron chi connectivity index (χ0n) is 17.5. The Morgan fingerprint density at radius 2 is 2.03 bits per heavy atom. The highest BCUT2D eigenvalue weighted by Gasteiger charge is 2.23. The molecular formula is C22H33N3O4. The minimum Gasteiger partial charge on any atom is -0.495 e. The molecule has 0 radical (unpaired) electrons. The molecule has 1 aliphatic carbocycles. The van der Waals surface area contributed by atoms with Crippen LogP contribution in [0.4, 0.5) is 16.2 Å². The molecule has 0 aromatic heterocycles. The predicted octanol–water partition coefficient (Wildman–Crippen LogP) is 3.93. The molecule has 7 nitrogen and oxygen atoms in total. The quantitative estimate of drug-likeness (QED) is 0.676. The van der Waals surface area contributed by atoms with E-state index < -0.39 is 0 Å². The third kappa shape index (κ3) is 5.85. The first-order valence-electron chi connectivity index (χ1n) is 10.7. The number of nitrogens with zero attached hydrogens (tertiary/aromatic N) is 1. The highest BCUT2D eigenvalue weighted by molar-refractivity contribution is 5.97. The summed E-state index contributed by atoms with van der Waals surface area (Å²) in [6.07, 6.45) is 7.57. The second kappa shape index (κ2) is 10.5. The topological polar surface area (TPSA) is 79.9 Å². The lowest BCUT2D eigenvalue weighted by molar-refractivity contribution is -0.119. The van der Waals surface area contributed by atoms with Crippen molar-refractivity contribution in [1.29, 1.82) is 0 Å². The van der Waals surface area contributed by atoms with Gasteiger partial charge >= 0.3 is 6.03 Å². The van der Waals surface area contributed by atoms with Gasteiger partial charge in [0, 0.05) is 25.2 Å². The number of anilines is 2. The van der Waals surface area contributed by atoms with E-state index in [9.17, 15) is 9.59 Å². The van der Waals surface area contributed by atoms with Crippen LogP contribution in [0.15, 0.2) is 18.2 Å². The summed E-state index contributed by atoms with van der Waals surface area (Å²) in [7, 11) is 1.58. The maximum Gasteiger partial charge on any atom is 0.319 e. The summed E-state index contributed by atoms with van der Waals surface area (Å²) in [4.78, 5) is 26.3. The molecule has 7 heteroatoms. The first-order valence-corrected chi connectivity index (χ1v) is 10.7. The zero-order valence-corrected chi connectivity index (χ0v) is 17.5. The minimum atomic E-state index is -0.286. The zero-order chi connectivity index (χ0) is 20.6. The lowest BCUT2D eigenvalue weighted by Gasteiger charge is -2.29. The molecule has 1 heterocycles. The predicted molar refractivity (Wildman–Crippen MR) is 114 cm³/mol. The fraction of sp³-hybridized carbons (Fsp3) is 0.636. The summed E-state index contributed by atoms with van der Waals surface area (Å²) in [6.45, 7) is 3.88. The number of hydrogen-bond donors (Lipinski definition) is 2. The lowest BCUT2D eigenvalue weighted by atomic mass is 9.88. The first kappa shape index (κ1) is 21.4. The van der Waals surface area contributed by atoms with E-state index in [1.54, 1.807) is 30.2 Å². The number of benzene rings is 1. The highest BCUT2D eigenvalue weighted by atomic mass is 16.5. The van der Waals surface area contributed by atoms with Crippen LogP contribution in [-0.2, 0) is 9.53 Å². The Morgan fingerprint density at radius 1 is 1.21 bits per heavy atom. The summed E-state index contributed by atoms with van der Waals surface area (Å²) in [5.41, 5.74) is 1.32. The number of hydrogen-bond acceptors (Lipinski definition) is 4. The van der Waals surface area contributed by atoms with Gasteiger partial charge in [-0.3, -0.25) is 4.79 Å². The van der Waals surface area contributed by atoms with Crippen LogP contribution < -0.4 is 20.3 Å². The smallest absolute Gasteiger partial charge is 0.319 e. The van der Waals surface area contributed by atoms with Crippen molar-refractivity contribution in [1.82, 2.24) is 5.32 Å². The molecule has 0 bridgehead atoms. The van der Waals surface area contributed by atoms with Gasteiger partial charge in [-0.15, -0.1) is 0 Å². The van der Waals surface area contributed by atoms with Crippen LogP contribution in [0.3, 0.4) is 0 Å². The van der Waals surface area contributed by atoms with Crippen LogP contribution in [0, 0.1) is 5.92 Å². The van der Waals surface area contributed by atoms with Crippen LogP contribution in [0.5, 0.6) is 5.75 Å². The Hall–Kier alpha value is -2.28. The van der Waals surface area contributed by atoms with Crippen LogP contribution in [0.25, 0.3) is 0 Å². The van der Waals surface area contributed by atoms with E-state index in [-0.39, 0.29) is 11.9 Å². The maximum atomic E-state index is 12.3. The Balaban J connectivity index is 1.50. The van der Waals surface area contributed by atoms with Gasteiger partial charge in [-0.25, -0.2) is 4.79 Å². The molecule has 3 amide bonds. The van der Waals surface area contributed by atoms with E-state index in [4.69, 9.17) is 9.47 Å². The molecule has 2 fully saturated rings. The third-order valence-electron chi connectivity index (χ3n) is 5.80. The van der Waals surface area contributed by atoms with Gasteiger partial charge in [0.05, 0.1) is 25.5 Å². The molecule has 1 saturated carbocycles. The summed E-state index contributed by atoms with van der Waals surface area (Å²) in [6, 6.07) is 5.06. The van der Waals surface area contributed by atoms with E-state index in [0.717, 1.165) is 19.3 Å². The van der Waals surface area contributed by atoms with Crippen molar-refractivity contribution in [3.8, 4) is 5.75 Å². The van der Waals surface area contributed by atoms with Crippen LogP contribution in [-0.4, -0.2) is 44.8 Å². The molecule has 1 aromatic rings. The number of rotatable bonds is 7. The SMILES string of the molecule is COc1ccc(NC(=O)NCCOC2CCCCC2C)cc1N1CCCCC1=O. The first-order chi connectivity index (χ1) is 14.1. The van der Waals surface area contributed by atoms with E-state index in [1.165, 1.54) is 19.3 Å². The number of carbonyl (C=O) groups is 2. The molecule has 2 atom stereocenters. The fourth-order valence-corrected chi connectivity index (χ4v) is 4.12. The average molecular weight is 404 g/mol. The summed E-state index contributed by atoms with van der Waals surface area (Å²) in [5.74, 6) is 1.30. The number of carbonyl (C=O) groups excluding carboxylic acids is 2. The van der Waals surface area contributed by atoms with E-state index >= 15 is 0 Å².